The average molecular weight is 235 g/mol. The molecule has 0 spiro atoms. The fourth-order valence-corrected chi connectivity index (χ4v) is 2.05. The number of aryl methyl sites for hydroxylation is 1. The molecule has 1 heterocycles. The van der Waals surface area contributed by atoms with Gasteiger partial charge in [0.25, 0.3) is 0 Å². The smallest absolute Gasteiger partial charge is 0.226 e. The Hall–Kier alpha value is -1.49. The molecule has 2 rings (SSSR count). The Morgan fingerprint density at radius 1 is 1.44 bits per heavy atom. The summed E-state index contributed by atoms with van der Waals surface area (Å²) in [5.74, 6) is 2.11. The van der Waals surface area contributed by atoms with Crippen LogP contribution in [0.3, 0.4) is 0 Å². The van der Waals surface area contributed by atoms with Crippen molar-refractivity contribution in [1.29, 1.82) is 0 Å². The maximum atomic E-state index is 5.69. The van der Waals surface area contributed by atoms with Crippen molar-refractivity contribution in [2.24, 2.45) is 0 Å². The Morgan fingerprint density at radius 3 is 3.00 bits per heavy atom. The number of aromatic nitrogens is 2. The van der Waals surface area contributed by atoms with E-state index in [2.05, 4.69) is 10.1 Å². The molecular weight excluding hydrogens is 222 g/mol. The van der Waals surface area contributed by atoms with Crippen molar-refractivity contribution in [2.45, 2.75) is 24.0 Å². The summed E-state index contributed by atoms with van der Waals surface area (Å²) in [7, 11) is 0. The van der Waals surface area contributed by atoms with E-state index in [-0.39, 0.29) is 0 Å². The number of hydrogen-bond donors (Lipinski definition) is 1. The highest BCUT2D eigenvalue weighted by molar-refractivity contribution is 7.98. The first-order valence-electron chi connectivity index (χ1n) is 5.07. The van der Waals surface area contributed by atoms with E-state index in [1.165, 1.54) is 0 Å². The molecule has 2 N–H and O–H groups in total. The molecule has 0 aliphatic carbocycles. The van der Waals surface area contributed by atoms with Crippen molar-refractivity contribution in [3.8, 4) is 0 Å². The maximum absolute atomic E-state index is 5.69. The largest absolute Gasteiger partial charge is 0.399 e. The van der Waals surface area contributed by atoms with Gasteiger partial charge in [0, 0.05) is 17.0 Å². The molecule has 16 heavy (non-hydrogen) atoms. The fourth-order valence-electron chi connectivity index (χ4n) is 1.24. The van der Waals surface area contributed by atoms with Gasteiger partial charge in [-0.15, -0.1) is 11.8 Å². The van der Waals surface area contributed by atoms with Crippen LogP contribution in [0.4, 0.5) is 5.69 Å². The molecule has 1 aromatic heterocycles. The summed E-state index contributed by atoms with van der Waals surface area (Å²) in [5, 5.41) is 3.89. The molecule has 84 valence electrons. The zero-order valence-electron chi connectivity index (χ0n) is 9.01. The molecule has 0 saturated carbocycles. The summed E-state index contributed by atoms with van der Waals surface area (Å²) >= 11 is 1.65. The van der Waals surface area contributed by atoms with Crippen LogP contribution in [0.2, 0.25) is 0 Å². The Kier molecular flexibility index (Phi) is 3.46. The van der Waals surface area contributed by atoms with Gasteiger partial charge in [0.1, 0.15) is 0 Å². The van der Waals surface area contributed by atoms with E-state index >= 15 is 0 Å². The predicted octanol–water partition coefficient (Wildman–Crippen LogP) is 2.51. The third kappa shape index (κ3) is 2.76. The molecule has 0 aliphatic rings. The van der Waals surface area contributed by atoms with Gasteiger partial charge < -0.3 is 10.3 Å². The van der Waals surface area contributed by atoms with Crippen molar-refractivity contribution in [3.05, 3.63) is 36.0 Å². The Bertz CT molecular complexity index is 470. The molecule has 0 amide bonds. The molecule has 5 heteroatoms. The van der Waals surface area contributed by atoms with Crippen LogP contribution in [0.25, 0.3) is 0 Å². The van der Waals surface area contributed by atoms with Gasteiger partial charge in [-0.25, -0.2) is 0 Å². The summed E-state index contributed by atoms with van der Waals surface area (Å²) in [6.07, 6.45) is 0.774. The molecule has 1 aromatic carbocycles. The molecule has 2 aromatic rings. The molecule has 0 unspecified atom stereocenters. The summed E-state index contributed by atoms with van der Waals surface area (Å²) in [6.45, 7) is 1.99. The van der Waals surface area contributed by atoms with Gasteiger partial charge >= 0.3 is 0 Å². The number of thioether (sulfide) groups is 1. The van der Waals surface area contributed by atoms with Gasteiger partial charge in [-0.05, 0) is 18.2 Å². The van der Waals surface area contributed by atoms with E-state index < -0.39 is 0 Å². The first-order valence-corrected chi connectivity index (χ1v) is 6.06. The lowest BCUT2D eigenvalue weighted by molar-refractivity contribution is 0.378. The fraction of sp³-hybridized carbons (Fsp3) is 0.273. The van der Waals surface area contributed by atoms with Crippen LogP contribution in [0, 0.1) is 0 Å². The number of nitrogens with zero attached hydrogens (tertiary/aromatic N) is 2. The molecular formula is C11H13N3OS. The van der Waals surface area contributed by atoms with Gasteiger partial charge in [0.05, 0.1) is 5.75 Å². The van der Waals surface area contributed by atoms with E-state index in [0.717, 1.165) is 22.8 Å². The average Bonchev–Trinajstić information content (AvgIpc) is 2.74. The maximum Gasteiger partial charge on any atom is 0.226 e. The lowest BCUT2D eigenvalue weighted by atomic mass is 10.3. The predicted molar refractivity (Wildman–Crippen MR) is 64.1 cm³/mol. The minimum atomic E-state index is 0.683. The Balaban J connectivity index is 1.96. The van der Waals surface area contributed by atoms with Crippen molar-refractivity contribution >= 4 is 17.4 Å². The SMILES string of the molecule is CCc1nc(CSc2cccc(N)c2)no1. The second kappa shape index (κ2) is 5.03. The van der Waals surface area contributed by atoms with Gasteiger partial charge in [0.15, 0.2) is 5.82 Å². The number of nitrogens with two attached hydrogens (primary N) is 1. The van der Waals surface area contributed by atoms with Gasteiger partial charge in [-0.3, -0.25) is 0 Å². The van der Waals surface area contributed by atoms with Gasteiger partial charge in [-0.1, -0.05) is 18.1 Å². The molecule has 0 aliphatic heterocycles. The van der Waals surface area contributed by atoms with Crippen LogP contribution in [0.15, 0.2) is 33.7 Å². The van der Waals surface area contributed by atoms with Crippen LogP contribution in [-0.4, -0.2) is 10.1 Å². The van der Waals surface area contributed by atoms with Crippen LogP contribution in [-0.2, 0) is 12.2 Å². The van der Waals surface area contributed by atoms with Crippen LogP contribution in [0.5, 0.6) is 0 Å². The molecule has 0 bridgehead atoms. The normalized spacial score (nSPS) is 10.6. The van der Waals surface area contributed by atoms with Crippen molar-refractivity contribution < 1.29 is 4.52 Å². The van der Waals surface area contributed by atoms with Gasteiger partial charge in [0.2, 0.25) is 5.89 Å². The third-order valence-electron chi connectivity index (χ3n) is 2.04. The van der Waals surface area contributed by atoms with E-state index in [1.807, 2.05) is 31.2 Å². The second-order valence-corrected chi connectivity index (χ2v) is 4.37. The van der Waals surface area contributed by atoms with Crippen molar-refractivity contribution in [1.82, 2.24) is 10.1 Å². The number of nitrogen functional groups attached to an aromatic ring is 1. The highest BCUT2D eigenvalue weighted by Gasteiger charge is 2.04. The number of hydrogen-bond acceptors (Lipinski definition) is 5. The second-order valence-electron chi connectivity index (χ2n) is 3.32. The van der Waals surface area contributed by atoms with Crippen LogP contribution < -0.4 is 5.73 Å². The van der Waals surface area contributed by atoms with Gasteiger partial charge in [-0.2, -0.15) is 4.98 Å². The van der Waals surface area contributed by atoms with Crippen molar-refractivity contribution in [3.63, 3.8) is 0 Å². The van der Waals surface area contributed by atoms with E-state index in [9.17, 15) is 0 Å². The topological polar surface area (TPSA) is 64.9 Å². The highest BCUT2D eigenvalue weighted by atomic mass is 32.2. The summed E-state index contributed by atoms with van der Waals surface area (Å²) in [6, 6.07) is 7.76. The van der Waals surface area contributed by atoms with E-state index in [1.54, 1.807) is 11.8 Å². The quantitative estimate of drug-likeness (QED) is 0.651. The molecule has 4 nitrogen and oxygen atoms in total. The monoisotopic (exact) mass is 235 g/mol. The molecule has 0 saturated heterocycles. The third-order valence-corrected chi connectivity index (χ3v) is 3.03. The number of rotatable bonds is 4. The molecule has 0 radical (unpaired) electrons. The summed E-state index contributed by atoms with van der Waals surface area (Å²) in [5.41, 5.74) is 6.46. The zero-order chi connectivity index (χ0) is 11.4. The van der Waals surface area contributed by atoms with E-state index in [0.29, 0.717) is 11.6 Å². The van der Waals surface area contributed by atoms with E-state index in [4.69, 9.17) is 10.3 Å². The summed E-state index contributed by atoms with van der Waals surface area (Å²) in [4.78, 5) is 5.35. The first-order chi connectivity index (χ1) is 7.78. The number of benzene rings is 1. The Morgan fingerprint density at radius 2 is 2.31 bits per heavy atom. The van der Waals surface area contributed by atoms with Crippen LogP contribution >= 0.6 is 11.8 Å². The zero-order valence-corrected chi connectivity index (χ0v) is 9.83. The van der Waals surface area contributed by atoms with Crippen molar-refractivity contribution in [2.75, 3.05) is 5.73 Å². The summed E-state index contributed by atoms with van der Waals surface area (Å²) < 4.78 is 5.03. The minimum absolute atomic E-state index is 0.683. The lowest BCUT2D eigenvalue weighted by Gasteiger charge is -1.99. The molecule has 0 fully saturated rings. The molecule has 0 atom stereocenters. The lowest BCUT2D eigenvalue weighted by Crippen LogP contribution is -1.87. The van der Waals surface area contributed by atoms with Crippen LogP contribution in [0.1, 0.15) is 18.6 Å². The highest BCUT2D eigenvalue weighted by Crippen LogP contribution is 2.23. The Labute approximate surface area is 98.2 Å². The minimum Gasteiger partial charge on any atom is -0.399 e. The number of anilines is 1. The first kappa shape index (κ1) is 11.0. The standard InChI is InChI=1S/C11H13N3OS/c1-2-11-13-10(14-15-11)7-16-9-5-3-4-8(12)6-9/h3-6H,2,7,12H2,1H3.